The highest BCUT2D eigenvalue weighted by Gasteiger charge is 2.37. The van der Waals surface area contributed by atoms with Gasteiger partial charge in [0.15, 0.2) is 0 Å². The van der Waals surface area contributed by atoms with Crippen LogP contribution in [0.4, 0.5) is 11.4 Å². The zero-order chi connectivity index (χ0) is 27.6. The molecule has 0 amide bonds. The summed E-state index contributed by atoms with van der Waals surface area (Å²) >= 11 is 0. The molecule has 1 N–H and O–H groups in total. The molecule has 0 bridgehead atoms. The quantitative estimate of drug-likeness (QED) is 0.245. The van der Waals surface area contributed by atoms with Gasteiger partial charge in [-0.3, -0.25) is 0 Å². The molecule has 0 atom stereocenters. The molecule has 0 saturated heterocycles. The molecule has 8 rings (SSSR count). The lowest BCUT2D eigenvalue weighted by molar-refractivity contribution is 0.651. The molecular weight excluding hydrogens is 496 g/mol. The van der Waals surface area contributed by atoms with Crippen LogP contribution in [0.1, 0.15) is 55.5 Å². The molecule has 41 heavy (non-hydrogen) atoms. The van der Waals surface area contributed by atoms with Gasteiger partial charge in [0, 0.05) is 33.6 Å². The van der Waals surface area contributed by atoms with Gasteiger partial charge in [-0.15, -0.1) is 0 Å². The number of allylic oxidation sites excluding steroid dienone is 5. The zero-order valence-corrected chi connectivity index (χ0v) is 23.7. The first-order valence-corrected chi connectivity index (χ1v) is 14.9. The summed E-state index contributed by atoms with van der Waals surface area (Å²) in [6, 6.07) is 33.5. The van der Waals surface area contributed by atoms with Crippen molar-refractivity contribution < 1.29 is 0 Å². The Morgan fingerprint density at radius 1 is 0.707 bits per heavy atom. The number of hydrogen-bond acceptors (Lipinski definition) is 1. The number of anilines is 2. The molecule has 5 aromatic rings. The number of aryl methyl sites for hydroxylation is 1. The Morgan fingerprint density at radius 2 is 1.46 bits per heavy atom. The molecule has 1 heterocycles. The molecule has 3 aliphatic rings. The van der Waals surface area contributed by atoms with Crippen molar-refractivity contribution in [3.8, 4) is 16.8 Å². The van der Waals surface area contributed by atoms with E-state index < -0.39 is 0 Å². The van der Waals surface area contributed by atoms with Crippen LogP contribution in [0.25, 0.3) is 39.4 Å². The van der Waals surface area contributed by atoms with Gasteiger partial charge in [0.05, 0.1) is 5.52 Å². The molecule has 0 fully saturated rings. The lowest BCUT2D eigenvalue weighted by atomic mass is 9.80. The second-order valence-corrected chi connectivity index (χ2v) is 12.1. The van der Waals surface area contributed by atoms with Gasteiger partial charge in [-0.25, -0.2) is 0 Å². The average molecular weight is 531 g/mol. The van der Waals surface area contributed by atoms with Gasteiger partial charge < -0.3 is 9.88 Å². The molecule has 3 aliphatic carbocycles. The highest BCUT2D eigenvalue weighted by Crippen LogP contribution is 2.50. The number of benzene rings is 4. The van der Waals surface area contributed by atoms with Gasteiger partial charge in [0.2, 0.25) is 0 Å². The Morgan fingerprint density at radius 3 is 2.32 bits per heavy atom. The van der Waals surface area contributed by atoms with E-state index in [2.05, 4.69) is 139 Å². The fourth-order valence-electron chi connectivity index (χ4n) is 7.26. The fourth-order valence-corrected chi connectivity index (χ4v) is 7.26. The number of nitrogens with zero attached hydrogens (tertiary/aromatic N) is 1. The number of para-hydroxylation sites is 1. The normalized spacial score (nSPS) is 16.5. The molecule has 0 unspecified atom stereocenters. The Bertz CT molecular complexity index is 1910. The number of hydrogen-bond donors (Lipinski definition) is 1. The second kappa shape index (κ2) is 9.24. The fraction of sp³-hybridized carbons (Fsp3) is 0.179. The minimum Gasteiger partial charge on any atom is -0.356 e. The third-order valence-electron chi connectivity index (χ3n) is 9.33. The van der Waals surface area contributed by atoms with Gasteiger partial charge in [0.1, 0.15) is 0 Å². The number of nitrogens with one attached hydrogen (secondary N) is 1. The predicted molar refractivity (Wildman–Crippen MR) is 174 cm³/mol. The van der Waals surface area contributed by atoms with Crippen LogP contribution >= 0.6 is 0 Å². The summed E-state index contributed by atoms with van der Waals surface area (Å²) in [5.41, 5.74) is 16.0. The summed E-state index contributed by atoms with van der Waals surface area (Å²) in [4.78, 5) is 0. The van der Waals surface area contributed by atoms with Crippen molar-refractivity contribution in [2.75, 3.05) is 5.32 Å². The molecule has 200 valence electrons. The lowest BCUT2D eigenvalue weighted by Crippen LogP contribution is -2.16. The predicted octanol–water partition coefficient (Wildman–Crippen LogP) is 10.4. The molecule has 1 aromatic heterocycles. The van der Waals surface area contributed by atoms with Crippen molar-refractivity contribution in [2.45, 2.75) is 44.9 Å². The van der Waals surface area contributed by atoms with Crippen LogP contribution in [0.15, 0.2) is 115 Å². The van der Waals surface area contributed by atoms with Gasteiger partial charge in [-0.05, 0) is 119 Å². The first kappa shape index (κ1) is 24.3. The molecule has 2 nitrogen and oxygen atoms in total. The molecular formula is C39H34N2. The van der Waals surface area contributed by atoms with Gasteiger partial charge in [0.25, 0.3) is 0 Å². The summed E-state index contributed by atoms with van der Waals surface area (Å²) in [5, 5.41) is 5.04. The maximum Gasteiger partial charge on any atom is 0.0538 e. The first-order valence-electron chi connectivity index (χ1n) is 14.9. The van der Waals surface area contributed by atoms with Crippen molar-refractivity contribution in [2.24, 2.45) is 0 Å². The highest BCUT2D eigenvalue weighted by atomic mass is 15.0. The van der Waals surface area contributed by atoms with E-state index >= 15 is 0 Å². The van der Waals surface area contributed by atoms with Crippen LogP contribution in [-0.2, 0) is 11.8 Å². The molecule has 2 heteroatoms. The van der Waals surface area contributed by atoms with E-state index in [0.717, 1.165) is 37.1 Å². The number of aromatic nitrogens is 1. The summed E-state index contributed by atoms with van der Waals surface area (Å²) in [7, 11) is 0. The summed E-state index contributed by atoms with van der Waals surface area (Å²) in [6.45, 7) is 4.72. The van der Waals surface area contributed by atoms with E-state index in [9.17, 15) is 0 Å². The van der Waals surface area contributed by atoms with Crippen LogP contribution in [0.2, 0.25) is 0 Å². The lowest BCUT2D eigenvalue weighted by Gasteiger charge is -2.24. The van der Waals surface area contributed by atoms with Crippen molar-refractivity contribution in [3.05, 3.63) is 137 Å². The van der Waals surface area contributed by atoms with Crippen LogP contribution < -0.4 is 5.32 Å². The van der Waals surface area contributed by atoms with Crippen LogP contribution in [0, 0.1) is 0 Å². The molecule has 0 saturated carbocycles. The highest BCUT2D eigenvalue weighted by molar-refractivity contribution is 5.94. The number of rotatable bonds is 4. The van der Waals surface area contributed by atoms with Crippen LogP contribution in [-0.4, -0.2) is 4.57 Å². The molecule has 0 spiro atoms. The van der Waals surface area contributed by atoms with E-state index in [0.29, 0.717) is 0 Å². The summed E-state index contributed by atoms with van der Waals surface area (Å²) < 4.78 is 2.41. The topological polar surface area (TPSA) is 17.0 Å². The second-order valence-electron chi connectivity index (χ2n) is 12.1. The maximum atomic E-state index is 3.68. The SMILES string of the molecule is CC1(C)C2=C(CCC=C2)c2ccc(Nc3ccc(-c4ccc5c(c4)c4c(n5-c5ccccc5)C=CCC4)cc3)cc21. The smallest absolute Gasteiger partial charge is 0.0538 e. The summed E-state index contributed by atoms with van der Waals surface area (Å²) in [6.07, 6.45) is 13.8. The van der Waals surface area contributed by atoms with Crippen molar-refractivity contribution in [1.82, 2.24) is 4.57 Å². The minimum atomic E-state index is 0.0518. The standard InChI is InChI=1S/C39H34N2/c1-39(2)35-14-8-6-12-31(35)32-22-21-29(25-36(32)39)40-28-19-16-26(17-20-28)27-18-23-38-34(24-27)33-13-7-9-15-37(33)41(38)30-10-4-3-5-11-30/h3-5,8-11,14-25,40H,6-7,12-13H2,1-2H3. The number of fused-ring (bicyclic) bond motifs is 5. The minimum absolute atomic E-state index is 0.0518. The first-order chi connectivity index (χ1) is 20.1. The Labute approximate surface area is 242 Å². The average Bonchev–Trinajstić information content (AvgIpc) is 3.46. The monoisotopic (exact) mass is 530 g/mol. The zero-order valence-electron chi connectivity index (χ0n) is 23.7. The van der Waals surface area contributed by atoms with E-state index in [1.54, 1.807) is 0 Å². The van der Waals surface area contributed by atoms with E-state index in [1.165, 1.54) is 61.2 Å². The maximum absolute atomic E-state index is 3.68. The molecule has 0 radical (unpaired) electrons. The Hall–Kier alpha value is -4.56. The third-order valence-corrected chi connectivity index (χ3v) is 9.33. The van der Waals surface area contributed by atoms with Crippen molar-refractivity contribution >= 4 is 33.9 Å². The van der Waals surface area contributed by atoms with Crippen LogP contribution in [0.5, 0.6) is 0 Å². The Balaban J connectivity index is 1.10. The van der Waals surface area contributed by atoms with E-state index in [-0.39, 0.29) is 5.41 Å². The molecule has 0 aliphatic heterocycles. The van der Waals surface area contributed by atoms with Crippen molar-refractivity contribution in [3.63, 3.8) is 0 Å². The summed E-state index contributed by atoms with van der Waals surface area (Å²) in [5.74, 6) is 0. The third kappa shape index (κ3) is 3.85. The van der Waals surface area contributed by atoms with Gasteiger partial charge >= 0.3 is 0 Å². The largest absolute Gasteiger partial charge is 0.356 e. The van der Waals surface area contributed by atoms with Gasteiger partial charge in [-0.2, -0.15) is 0 Å². The Kier molecular flexibility index (Phi) is 5.47. The van der Waals surface area contributed by atoms with Gasteiger partial charge in [-0.1, -0.05) is 74.5 Å². The van der Waals surface area contributed by atoms with Crippen LogP contribution in [0.3, 0.4) is 0 Å². The van der Waals surface area contributed by atoms with Crippen molar-refractivity contribution in [1.29, 1.82) is 0 Å². The molecule has 4 aromatic carbocycles. The van der Waals surface area contributed by atoms with E-state index in [4.69, 9.17) is 0 Å². The van der Waals surface area contributed by atoms with E-state index in [1.807, 2.05) is 0 Å².